The Labute approximate surface area is 223 Å². The van der Waals surface area contributed by atoms with Crippen LogP contribution in [0.4, 0.5) is 27.9 Å². The van der Waals surface area contributed by atoms with Gasteiger partial charge in [0, 0.05) is 25.7 Å². The highest BCUT2D eigenvalue weighted by Gasteiger charge is 2.31. The fourth-order valence-corrected chi connectivity index (χ4v) is 4.80. The molecule has 38 heavy (non-hydrogen) atoms. The molecule has 1 aliphatic heterocycles. The average Bonchev–Trinajstić information content (AvgIpc) is 3.64. The first-order valence-electron chi connectivity index (χ1n) is 12.2. The van der Waals surface area contributed by atoms with Crippen LogP contribution in [0.25, 0.3) is 5.65 Å². The van der Waals surface area contributed by atoms with Crippen molar-refractivity contribution in [2.45, 2.75) is 31.3 Å². The van der Waals surface area contributed by atoms with Gasteiger partial charge in [0.15, 0.2) is 17.2 Å². The second kappa shape index (κ2) is 10.6. The van der Waals surface area contributed by atoms with E-state index in [-0.39, 0.29) is 17.7 Å². The maximum absolute atomic E-state index is 11.8. The van der Waals surface area contributed by atoms with Crippen LogP contribution in [0.15, 0.2) is 18.3 Å². The van der Waals surface area contributed by atoms with Crippen molar-refractivity contribution < 1.29 is 9.90 Å². The molecule has 2 aliphatic rings. The number of halogens is 1. The van der Waals surface area contributed by atoms with E-state index in [4.69, 9.17) is 11.6 Å². The molecular weight excluding hydrogens is 510 g/mol. The normalized spacial score (nSPS) is 17.2. The van der Waals surface area contributed by atoms with Gasteiger partial charge in [-0.05, 0) is 45.0 Å². The molecule has 2 aromatic heterocycles. The lowest BCUT2D eigenvalue weighted by Crippen LogP contribution is -2.55. The Balaban J connectivity index is 1.48. The fraction of sp³-hybridized carbons (Fsp3) is 0.417. The Bertz CT molecular complexity index is 1460. The van der Waals surface area contributed by atoms with Crippen LogP contribution >= 0.6 is 11.6 Å². The summed E-state index contributed by atoms with van der Waals surface area (Å²) < 4.78 is 1.42. The van der Waals surface area contributed by atoms with Crippen LogP contribution in [0.3, 0.4) is 0 Å². The van der Waals surface area contributed by atoms with Crippen molar-refractivity contribution in [2.24, 2.45) is 0 Å². The monoisotopic (exact) mass is 535 g/mol. The standard InChI is InChI=1S/C24H26ClN11O2/c1-28-5-4-16-13-34(6-7-35(16)24(37)38)19-9-14(10-26)8-18(20(19)25)31-23-32-21(30-15-2-3-15)22-29-12-17(11-27)36(22)33-23/h8-9,12,15-16,28H,2-7,13H2,1H3,(H,37,38)(H2,30,31,32,33). The molecule has 0 spiro atoms. The summed E-state index contributed by atoms with van der Waals surface area (Å²) in [6.45, 7) is 1.83. The van der Waals surface area contributed by atoms with Crippen LogP contribution in [0.5, 0.6) is 0 Å². The number of anilines is 4. The van der Waals surface area contributed by atoms with Gasteiger partial charge >= 0.3 is 6.09 Å². The van der Waals surface area contributed by atoms with Crippen LogP contribution in [-0.2, 0) is 0 Å². The van der Waals surface area contributed by atoms with E-state index in [1.165, 1.54) is 15.6 Å². The predicted octanol–water partition coefficient (Wildman–Crippen LogP) is 2.62. The van der Waals surface area contributed by atoms with Gasteiger partial charge in [0.05, 0.1) is 40.3 Å². The lowest BCUT2D eigenvalue weighted by molar-refractivity contribution is 0.115. The Morgan fingerprint density at radius 1 is 1.26 bits per heavy atom. The van der Waals surface area contributed by atoms with Gasteiger partial charge in [-0.15, -0.1) is 5.10 Å². The molecule has 3 heterocycles. The minimum absolute atomic E-state index is 0.181. The van der Waals surface area contributed by atoms with Crippen molar-refractivity contribution >= 4 is 46.5 Å². The number of amides is 1. The first kappa shape index (κ1) is 25.3. The predicted molar refractivity (Wildman–Crippen MR) is 141 cm³/mol. The zero-order valence-corrected chi connectivity index (χ0v) is 21.4. The topological polar surface area (TPSA) is 171 Å². The zero-order valence-electron chi connectivity index (χ0n) is 20.6. The highest BCUT2D eigenvalue weighted by Crippen LogP contribution is 2.37. The highest BCUT2D eigenvalue weighted by molar-refractivity contribution is 6.36. The molecule has 1 saturated carbocycles. The molecule has 4 N–H and O–H groups in total. The molecular formula is C24H26ClN11O2. The van der Waals surface area contributed by atoms with Crippen molar-refractivity contribution in [2.75, 3.05) is 48.8 Å². The van der Waals surface area contributed by atoms with Crippen LogP contribution in [-0.4, -0.2) is 81.0 Å². The van der Waals surface area contributed by atoms with Gasteiger partial charge in [0.1, 0.15) is 6.07 Å². The summed E-state index contributed by atoms with van der Waals surface area (Å²) in [5.74, 6) is 0.678. The van der Waals surface area contributed by atoms with Gasteiger partial charge in [-0.2, -0.15) is 20.0 Å². The molecule has 2 fully saturated rings. The van der Waals surface area contributed by atoms with E-state index in [1.54, 1.807) is 12.1 Å². The second-order valence-electron chi connectivity index (χ2n) is 9.26. The zero-order chi connectivity index (χ0) is 26.8. The van der Waals surface area contributed by atoms with E-state index < -0.39 is 6.09 Å². The van der Waals surface area contributed by atoms with Gasteiger partial charge in [-0.25, -0.2) is 9.78 Å². The number of nitriles is 2. The molecule has 1 aliphatic carbocycles. The quantitative estimate of drug-likeness (QED) is 0.334. The minimum atomic E-state index is -0.954. The third-order valence-corrected chi connectivity index (χ3v) is 7.02. The first-order chi connectivity index (χ1) is 18.4. The number of fused-ring (bicyclic) bond motifs is 1. The van der Waals surface area contributed by atoms with Crippen LogP contribution in [0, 0.1) is 22.7 Å². The van der Waals surface area contributed by atoms with Crippen molar-refractivity contribution in [1.82, 2.24) is 29.8 Å². The minimum Gasteiger partial charge on any atom is -0.465 e. The Hall–Kier alpha value is -4.33. The van der Waals surface area contributed by atoms with Gasteiger partial charge in [0.2, 0.25) is 5.95 Å². The molecule has 196 valence electrons. The molecule has 13 nitrogen and oxygen atoms in total. The molecule has 14 heteroatoms. The molecule has 5 rings (SSSR count). The van der Waals surface area contributed by atoms with E-state index in [1.807, 2.05) is 11.9 Å². The van der Waals surface area contributed by atoms with Crippen LogP contribution < -0.4 is 20.9 Å². The molecule has 1 atom stereocenters. The molecule has 1 aromatic carbocycles. The van der Waals surface area contributed by atoms with Crippen molar-refractivity contribution in [3.05, 3.63) is 34.6 Å². The third kappa shape index (κ3) is 5.07. The van der Waals surface area contributed by atoms with Gasteiger partial charge in [-0.3, -0.25) is 0 Å². The number of imidazole rings is 1. The van der Waals surface area contributed by atoms with E-state index in [9.17, 15) is 20.4 Å². The van der Waals surface area contributed by atoms with Gasteiger partial charge < -0.3 is 30.9 Å². The lowest BCUT2D eigenvalue weighted by Gasteiger charge is -2.41. The number of piperazine rings is 1. The van der Waals surface area contributed by atoms with Crippen LogP contribution in [0.1, 0.15) is 30.5 Å². The molecule has 0 radical (unpaired) electrons. The summed E-state index contributed by atoms with van der Waals surface area (Å²) in [7, 11) is 1.82. The van der Waals surface area contributed by atoms with E-state index >= 15 is 0 Å². The molecule has 3 aromatic rings. The average molecular weight is 536 g/mol. The summed E-state index contributed by atoms with van der Waals surface area (Å²) in [6.07, 6.45) is 3.17. The molecule has 0 bridgehead atoms. The van der Waals surface area contributed by atoms with Crippen molar-refractivity contribution in [1.29, 1.82) is 10.5 Å². The maximum Gasteiger partial charge on any atom is 0.407 e. The third-order valence-electron chi connectivity index (χ3n) is 6.62. The van der Waals surface area contributed by atoms with Gasteiger partial charge in [-0.1, -0.05) is 11.6 Å². The summed E-state index contributed by atoms with van der Waals surface area (Å²) in [5, 5.41) is 43.2. The number of carbonyl (C=O) groups is 1. The maximum atomic E-state index is 11.8. The summed E-state index contributed by atoms with van der Waals surface area (Å²) >= 11 is 6.86. The number of rotatable bonds is 8. The Kier molecular flexibility index (Phi) is 7.05. The second-order valence-corrected chi connectivity index (χ2v) is 9.63. The summed E-state index contributed by atoms with van der Waals surface area (Å²) in [6, 6.07) is 7.62. The Morgan fingerprint density at radius 3 is 2.76 bits per heavy atom. The summed E-state index contributed by atoms with van der Waals surface area (Å²) in [4.78, 5) is 24.1. The molecule has 1 unspecified atom stereocenters. The number of nitrogens with zero attached hydrogens (tertiary/aromatic N) is 8. The molecule has 1 amide bonds. The number of aromatic nitrogens is 4. The number of hydrogen-bond donors (Lipinski definition) is 4. The van der Waals surface area contributed by atoms with E-state index in [0.29, 0.717) is 72.1 Å². The molecule has 1 saturated heterocycles. The number of benzene rings is 1. The van der Waals surface area contributed by atoms with E-state index in [2.05, 4.69) is 43.2 Å². The fourth-order valence-electron chi connectivity index (χ4n) is 4.53. The van der Waals surface area contributed by atoms with Crippen LogP contribution in [0.2, 0.25) is 5.02 Å². The lowest BCUT2D eigenvalue weighted by atomic mass is 10.1. The highest BCUT2D eigenvalue weighted by atomic mass is 35.5. The largest absolute Gasteiger partial charge is 0.465 e. The number of carboxylic acid groups (broad SMARTS) is 1. The number of hydrogen-bond acceptors (Lipinski definition) is 10. The summed E-state index contributed by atoms with van der Waals surface area (Å²) in [5.41, 5.74) is 2.11. The van der Waals surface area contributed by atoms with Gasteiger partial charge in [0.25, 0.3) is 0 Å². The van der Waals surface area contributed by atoms with Crippen molar-refractivity contribution in [3.8, 4) is 12.1 Å². The Morgan fingerprint density at radius 2 is 2.08 bits per heavy atom. The first-order valence-corrected chi connectivity index (χ1v) is 12.6. The SMILES string of the molecule is CNCCC1CN(c2cc(C#N)cc(Nc3nc(NC4CC4)c4ncc(C#N)n4n3)c2Cl)CCN1C(=O)O. The van der Waals surface area contributed by atoms with Crippen molar-refractivity contribution in [3.63, 3.8) is 0 Å². The smallest absolute Gasteiger partial charge is 0.407 e. The van der Waals surface area contributed by atoms with E-state index in [0.717, 1.165) is 12.8 Å². The number of nitrogens with one attached hydrogen (secondary N) is 3.